The lowest BCUT2D eigenvalue weighted by Crippen LogP contribution is -2.29. The minimum atomic E-state index is -0.279. The van der Waals surface area contributed by atoms with Gasteiger partial charge in [0.05, 0.1) is 19.5 Å². The molecule has 2 saturated heterocycles. The molecule has 3 aromatic rings. The third-order valence-corrected chi connectivity index (χ3v) is 8.80. The maximum absolute atomic E-state index is 13.2. The van der Waals surface area contributed by atoms with Crippen LogP contribution < -0.4 is 9.64 Å². The third-order valence-electron chi connectivity index (χ3n) is 6.61. The molecule has 2 aliphatic rings. The van der Waals surface area contributed by atoms with E-state index in [2.05, 4.69) is 48.9 Å². The average Bonchev–Trinajstić information content (AvgIpc) is 3.23. The van der Waals surface area contributed by atoms with E-state index in [0.29, 0.717) is 29.0 Å². The highest BCUT2D eigenvalue weighted by Gasteiger charge is 2.32. The van der Waals surface area contributed by atoms with Gasteiger partial charge in [-0.1, -0.05) is 12.1 Å². The predicted octanol–water partition coefficient (Wildman–Crippen LogP) is 8.54. The van der Waals surface area contributed by atoms with Crippen LogP contribution >= 0.6 is 43.6 Å². The second-order valence-electron chi connectivity index (χ2n) is 9.35. The number of ether oxygens (including phenoxy) is 1. The summed E-state index contributed by atoms with van der Waals surface area (Å²) in [4.78, 5) is 22.7. The van der Waals surface area contributed by atoms with E-state index in [1.807, 2.05) is 37.3 Å². The van der Waals surface area contributed by atoms with Crippen molar-refractivity contribution in [3.8, 4) is 5.75 Å². The van der Waals surface area contributed by atoms with Crippen molar-refractivity contribution in [2.45, 2.75) is 32.8 Å². The first kappa shape index (κ1) is 27.9. The van der Waals surface area contributed by atoms with E-state index in [-0.39, 0.29) is 11.7 Å². The number of amides is 1. The summed E-state index contributed by atoms with van der Waals surface area (Å²) >= 11 is 8.56. The molecule has 9 heteroatoms. The van der Waals surface area contributed by atoms with Gasteiger partial charge in [0.25, 0.3) is 5.91 Å². The Morgan fingerprint density at radius 2 is 1.67 bits per heavy atom. The molecule has 0 aliphatic carbocycles. The Hall–Kier alpha value is -2.62. The molecule has 39 heavy (non-hydrogen) atoms. The molecule has 0 unspecified atom stereocenters. The van der Waals surface area contributed by atoms with Crippen molar-refractivity contribution in [1.29, 1.82) is 0 Å². The minimum Gasteiger partial charge on any atom is -0.487 e. The zero-order valence-electron chi connectivity index (χ0n) is 21.5. The Bertz CT molecular complexity index is 1380. The summed E-state index contributed by atoms with van der Waals surface area (Å²) < 4.78 is 20.6. The van der Waals surface area contributed by atoms with Gasteiger partial charge in [-0.2, -0.15) is 0 Å². The van der Waals surface area contributed by atoms with Gasteiger partial charge >= 0.3 is 0 Å². The molecule has 2 fully saturated rings. The number of carbonyl (C=O) groups excluding carboxylic acids is 1. The molecule has 202 valence electrons. The highest BCUT2D eigenvalue weighted by Crippen LogP contribution is 2.39. The lowest BCUT2D eigenvalue weighted by molar-refractivity contribution is -0.122. The number of carbonyl (C=O) groups is 1. The second kappa shape index (κ2) is 12.7. The van der Waals surface area contributed by atoms with Crippen molar-refractivity contribution in [1.82, 2.24) is 4.90 Å². The fourth-order valence-corrected chi connectivity index (χ4v) is 7.07. The van der Waals surface area contributed by atoms with Gasteiger partial charge in [0.2, 0.25) is 0 Å². The molecule has 2 aliphatic heterocycles. The maximum atomic E-state index is 13.2. The Kier molecular flexibility index (Phi) is 9.10. The number of halogens is 3. The number of benzene rings is 3. The molecule has 0 bridgehead atoms. The number of hydrogen-bond acceptors (Lipinski definition) is 5. The van der Waals surface area contributed by atoms with Crippen LogP contribution in [-0.2, 0) is 11.4 Å². The van der Waals surface area contributed by atoms with E-state index in [1.54, 1.807) is 17.0 Å². The first-order chi connectivity index (χ1) is 18.9. The van der Waals surface area contributed by atoms with Gasteiger partial charge in [0, 0.05) is 25.3 Å². The molecule has 5 rings (SSSR count). The van der Waals surface area contributed by atoms with E-state index in [0.717, 1.165) is 38.8 Å². The van der Waals surface area contributed by atoms with Crippen LogP contribution in [0.4, 0.5) is 15.8 Å². The molecule has 0 atom stereocenters. The number of nitrogens with zero attached hydrogens (tertiary/aromatic N) is 3. The Morgan fingerprint density at radius 3 is 2.31 bits per heavy atom. The third kappa shape index (κ3) is 6.76. The maximum Gasteiger partial charge on any atom is 0.266 e. The molecular weight excluding hydrogens is 645 g/mol. The fourth-order valence-electron chi connectivity index (χ4n) is 4.56. The van der Waals surface area contributed by atoms with E-state index < -0.39 is 0 Å². The minimum absolute atomic E-state index is 0.0601. The summed E-state index contributed by atoms with van der Waals surface area (Å²) in [6.45, 7) is 5.00. The van der Waals surface area contributed by atoms with Crippen LogP contribution in [0.15, 0.2) is 79.5 Å². The lowest BCUT2D eigenvalue weighted by atomic mass is 10.1. The van der Waals surface area contributed by atoms with Gasteiger partial charge in [-0.3, -0.25) is 9.69 Å². The number of hydrogen-bond donors (Lipinski definition) is 0. The smallest absolute Gasteiger partial charge is 0.266 e. The standard InChI is InChI=1S/C30H28Br2FN3O2S/c1-2-36-29(37)27(39-30(36)34-23-10-12-24(13-11-23)35-14-4-3-5-15-35)18-21-16-25(31)28(26(32)17-21)38-19-20-6-8-22(33)9-7-20/h6-13,16-18H,2-5,14-15,19H2,1H3/b27-18-,34-30?. The van der Waals surface area contributed by atoms with Gasteiger partial charge in [-0.15, -0.1) is 0 Å². The zero-order chi connectivity index (χ0) is 27.4. The van der Waals surface area contributed by atoms with Crippen molar-refractivity contribution in [3.63, 3.8) is 0 Å². The molecule has 0 aromatic heterocycles. The average molecular weight is 673 g/mol. The summed E-state index contributed by atoms with van der Waals surface area (Å²) in [5, 5.41) is 0.678. The SMILES string of the molecule is CCN1C(=O)/C(=C/c2cc(Br)c(OCc3ccc(F)cc3)c(Br)c2)SC1=Nc1ccc(N2CCCCC2)cc1. The van der Waals surface area contributed by atoms with Crippen molar-refractivity contribution < 1.29 is 13.9 Å². The molecule has 0 N–H and O–H groups in total. The Morgan fingerprint density at radius 1 is 1.00 bits per heavy atom. The fraction of sp³-hybridized carbons (Fsp3) is 0.267. The van der Waals surface area contributed by atoms with Gasteiger partial charge in [-0.25, -0.2) is 9.38 Å². The Balaban J connectivity index is 1.31. The highest BCUT2D eigenvalue weighted by atomic mass is 79.9. The molecule has 0 radical (unpaired) electrons. The number of anilines is 1. The van der Waals surface area contributed by atoms with E-state index >= 15 is 0 Å². The van der Waals surface area contributed by atoms with E-state index in [4.69, 9.17) is 9.73 Å². The van der Waals surface area contributed by atoms with Gasteiger partial charge in [0.1, 0.15) is 18.2 Å². The molecule has 1 amide bonds. The molecular formula is C30H28Br2FN3O2S. The predicted molar refractivity (Wildman–Crippen MR) is 165 cm³/mol. The van der Waals surface area contributed by atoms with E-state index in [9.17, 15) is 9.18 Å². The van der Waals surface area contributed by atoms with Crippen molar-refractivity contribution in [3.05, 3.63) is 91.5 Å². The summed E-state index contributed by atoms with van der Waals surface area (Å²) in [5.74, 6) is 0.297. The molecule has 0 spiro atoms. The van der Waals surface area contributed by atoms with Crippen LogP contribution in [0.3, 0.4) is 0 Å². The highest BCUT2D eigenvalue weighted by molar-refractivity contribution is 9.11. The summed E-state index contributed by atoms with van der Waals surface area (Å²) in [5.41, 5.74) is 3.77. The van der Waals surface area contributed by atoms with Gasteiger partial charge in [0.15, 0.2) is 5.17 Å². The van der Waals surface area contributed by atoms with Crippen LogP contribution in [0.25, 0.3) is 6.08 Å². The van der Waals surface area contributed by atoms with Crippen LogP contribution in [0.2, 0.25) is 0 Å². The largest absolute Gasteiger partial charge is 0.487 e. The number of likely N-dealkylation sites (N-methyl/N-ethyl adjacent to an activating group) is 1. The summed E-state index contributed by atoms with van der Waals surface area (Å²) in [6, 6.07) is 18.3. The lowest BCUT2D eigenvalue weighted by Gasteiger charge is -2.28. The summed E-state index contributed by atoms with van der Waals surface area (Å²) in [6.07, 6.45) is 5.65. The molecule has 3 aromatic carbocycles. The molecule has 2 heterocycles. The first-order valence-corrected chi connectivity index (χ1v) is 15.3. The topological polar surface area (TPSA) is 45.1 Å². The number of piperidine rings is 1. The second-order valence-corrected chi connectivity index (χ2v) is 12.1. The van der Waals surface area contributed by atoms with Crippen LogP contribution in [-0.4, -0.2) is 35.6 Å². The van der Waals surface area contributed by atoms with Gasteiger partial charge < -0.3 is 9.64 Å². The first-order valence-electron chi connectivity index (χ1n) is 12.9. The van der Waals surface area contributed by atoms with Crippen molar-refractivity contribution >= 4 is 72.1 Å². The van der Waals surface area contributed by atoms with Crippen molar-refractivity contribution in [2.24, 2.45) is 4.99 Å². The number of aliphatic imine (C=N–C) groups is 1. The van der Waals surface area contributed by atoms with Crippen LogP contribution in [0, 0.1) is 5.82 Å². The van der Waals surface area contributed by atoms with E-state index in [1.165, 1.54) is 48.8 Å². The normalized spacial score (nSPS) is 17.9. The number of rotatable bonds is 7. The molecule has 5 nitrogen and oxygen atoms in total. The quantitative estimate of drug-likeness (QED) is 0.236. The van der Waals surface area contributed by atoms with Gasteiger partial charge in [-0.05, 0) is 136 Å². The van der Waals surface area contributed by atoms with Crippen molar-refractivity contribution in [2.75, 3.05) is 24.5 Å². The number of thioether (sulfide) groups is 1. The molecule has 0 saturated carbocycles. The zero-order valence-corrected chi connectivity index (χ0v) is 25.5. The monoisotopic (exact) mass is 671 g/mol. The summed E-state index contributed by atoms with van der Waals surface area (Å²) in [7, 11) is 0. The number of amidine groups is 1. The Labute approximate surface area is 249 Å². The van der Waals surface area contributed by atoms with Crippen LogP contribution in [0.5, 0.6) is 5.75 Å². The van der Waals surface area contributed by atoms with Crippen LogP contribution in [0.1, 0.15) is 37.3 Å².